The normalized spacial score (nSPS) is 22.2. The van der Waals surface area contributed by atoms with Crippen molar-refractivity contribution >= 4 is 28.8 Å². The van der Waals surface area contributed by atoms with E-state index in [2.05, 4.69) is 15.2 Å². The molecule has 3 N–H and O–H groups in total. The summed E-state index contributed by atoms with van der Waals surface area (Å²) in [5.74, 6) is 0.357. The molecule has 1 aromatic carbocycles. The van der Waals surface area contributed by atoms with Crippen LogP contribution in [0, 0.1) is 0 Å². The lowest BCUT2D eigenvalue weighted by molar-refractivity contribution is 0.602. The van der Waals surface area contributed by atoms with Crippen LogP contribution in [0.1, 0.15) is 43.2 Å². The van der Waals surface area contributed by atoms with Crippen molar-refractivity contribution in [2.45, 2.75) is 32.1 Å². The van der Waals surface area contributed by atoms with E-state index in [1.54, 1.807) is 0 Å². The maximum atomic E-state index is 11.5. The van der Waals surface area contributed by atoms with E-state index in [0.29, 0.717) is 5.84 Å². The fraction of sp³-hybridized carbons (Fsp3) is 0.357. The third-order valence-electron chi connectivity index (χ3n) is 3.59. The molecule has 19 heavy (non-hydrogen) atoms. The van der Waals surface area contributed by atoms with Crippen molar-refractivity contribution < 1.29 is 4.21 Å². The Balaban J connectivity index is 2.03. The van der Waals surface area contributed by atoms with Crippen molar-refractivity contribution in [1.29, 1.82) is 0 Å². The van der Waals surface area contributed by atoms with Crippen LogP contribution >= 0.6 is 0 Å². The Labute approximate surface area is 115 Å². The van der Waals surface area contributed by atoms with Crippen LogP contribution in [0.4, 0.5) is 5.69 Å². The molecule has 1 fully saturated rings. The minimum atomic E-state index is -1.45. The van der Waals surface area contributed by atoms with Gasteiger partial charge in [-0.3, -0.25) is 4.72 Å². The van der Waals surface area contributed by atoms with E-state index in [1.165, 1.54) is 37.7 Å². The maximum absolute atomic E-state index is 11.5. The molecule has 1 unspecified atom stereocenters. The molecule has 1 heterocycles. The summed E-state index contributed by atoms with van der Waals surface area (Å²) in [6.07, 6.45) is 8.42. The highest BCUT2D eigenvalue weighted by molar-refractivity contribution is 7.85. The predicted molar refractivity (Wildman–Crippen MR) is 80.0 cm³/mol. The topological polar surface area (TPSA) is 67.5 Å². The van der Waals surface area contributed by atoms with Gasteiger partial charge in [0, 0.05) is 5.56 Å². The zero-order chi connectivity index (χ0) is 13.2. The Morgan fingerprint density at radius 1 is 1.26 bits per heavy atom. The molecule has 1 aliphatic heterocycles. The number of hydrogen-bond acceptors (Lipinski definition) is 2. The molecule has 5 heteroatoms. The predicted octanol–water partition coefficient (Wildman–Crippen LogP) is 2.74. The van der Waals surface area contributed by atoms with Gasteiger partial charge in [-0.1, -0.05) is 30.2 Å². The third-order valence-corrected chi connectivity index (χ3v) is 4.34. The Kier molecular flexibility index (Phi) is 3.38. The lowest BCUT2D eigenvalue weighted by Crippen LogP contribution is -2.24. The highest BCUT2D eigenvalue weighted by atomic mass is 32.2. The number of anilines is 1. The second kappa shape index (κ2) is 5.17. The van der Waals surface area contributed by atoms with E-state index < -0.39 is 11.2 Å². The van der Waals surface area contributed by atoms with E-state index in [0.717, 1.165) is 16.8 Å². The molecular formula is C14H17N3OS. The molecule has 0 saturated heterocycles. The zero-order valence-corrected chi connectivity index (χ0v) is 11.5. The summed E-state index contributed by atoms with van der Waals surface area (Å²) in [6, 6.07) is 5.88. The first-order chi connectivity index (χ1) is 9.24. The summed E-state index contributed by atoms with van der Waals surface area (Å²) in [6.45, 7) is 0. The standard InChI is InChI=1S/C14H17N3OS/c15-14-13-11(9-10-5-2-1-3-6-10)7-4-8-12(13)16-19(18)17-14/h4,7-9,16H,1-3,5-6H2,(H2,15,17). The van der Waals surface area contributed by atoms with E-state index in [-0.39, 0.29) is 0 Å². The molecule has 4 nitrogen and oxygen atoms in total. The Hall–Kier alpha value is -1.62. The summed E-state index contributed by atoms with van der Waals surface area (Å²) >= 11 is -1.45. The Bertz CT molecular complexity index is 584. The summed E-state index contributed by atoms with van der Waals surface area (Å²) in [4.78, 5) is 0. The van der Waals surface area contributed by atoms with E-state index >= 15 is 0 Å². The van der Waals surface area contributed by atoms with Crippen LogP contribution in [-0.4, -0.2) is 10.0 Å². The molecule has 0 bridgehead atoms. The second-order valence-electron chi connectivity index (χ2n) is 4.96. The molecule has 100 valence electrons. The fourth-order valence-electron chi connectivity index (χ4n) is 2.68. The van der Waals surface area contributed by atoms with Gasteiger partial charge >= 0.3 is 0 Å². The van der Waals surface area contributed by atoms with Gasteiger partial charge in [-0.15, -0.1) is 0 Å². The zero-order valence-electron chi connectivity index (χ0n) is 10.7. The molecule has 1 saturated carbocycles. The molecule has 1 atom stereocenters. The molecule has 0 aromatic heterocycles. The third kappa shape index (κ3) is 2.56. The minimum absolute atomic E-state index is 0.357. The van der Waals surface area contributed by atoms with Gasteiger partial charge in [-0.2, -0.15) is 4.40 Å². The SMILES string of the molecule is NC1=NS(=O)Nc2cccc(C=C3CCCCC3)c21. The van der Waals surface area contributed by atoms with Crippen molar-refractivity contribution in [2.75, 3.05) is 4.72 Å². The number of hydrogen-bond donors (Lipinski definition) is 2. The van der Waals surface area contributed by atoms with Crippen molar-refractivity contribution in [2.24, 2.45) is 10.1 Å². The molecule has 2 aliphatic rings. The van der Waals surface area contributed by atoms with E-state index in [1.807, 2.05) is 18.2 Å². The summed E-state index contributed by atoms with van der Waals surface area (Å²) in [7, 11) is 0. The molecular weight excluding hydrogens is 258 g/mol. The Morgan fingerprint density at radius 2 is 2.05 bits per heavy atom. The van der Waals surface area contributed by atoms with Crippen LogP contribution in [0.15, 0.2) is 28.2 Å². The quantitative estimate of drug-likeness (QED) is 0.827. The van der Waals surface area contributed by atoms with Gasteiger partial charge in [0.1, 0.15) is 5.84 Å². The van der Waals surface area contributed by atoms with Crippen LogP contribution in [0.5, 0.6) is 0 Å². The number of rotatable bonds is 1. The summed E-state index contributed by atoms with van der Waals surface area (Å²) < 4.78 is 18.2. The van der Waals surface area contributed by atoms with Gasteiger partial charge in [0.05, 0.1) is 5.69 Å². The van der Waals surface area contributed by atoms with Crippen molar-refractivity contribution in [1.82, 2.24) is 0 Å². The highest BCUT2D eigenvalue weighted by Gasteiger charge is 2.18. The number of nitrogens with two attached hydrogens (primary N) is 1. The van der Waals surface area contributed by atoms with Crippen LogP contribution < -0.4 is 10.5 Å². The summed E-state index contributed by atoms with van der Waals surface area (Å²) in [5, 5.41) is 0. The lowest BCUT2D eigenvalue weighted by Gasteiger charge is -2.18. The largest absolute Gasteiger partial charge is 0.382 e. The van der Waals surface area contributed by atoms with E-state index in [9.17, 15) is 4.21 Å². The fourth-order valence-corrected chi connectivity index (χ4v) is 3.36. The van der Waals surface area contributed by atoms with Crippen molar-refractivity contribution in [3.63, 3.8) is 0 Å². The van der Waals surface area contributed by atoms with E-state index in [4.69, 9.17) is 5.73 Å². The van der Waals surface area contributed by atoms with Crippen LogP contribution in [0.3, 0.4) is 0 Å². The number of amidine groups is 1. The van der Waals surface area contributed by atoms with Gasteiger partial charge in [-0.25, -0.2) is 4.21 Å². The van der Waals surface area contributed by atoms with Gasteiger partial charge in [0.15, 0.2) is 0 Å². The molecule has 1 aromatic rings. The van der Waals surface area contributed by atoms with Gasteiger partial charge in [0.2, 0.25) is 11.2 Å². The number of fused-ring (bicyclic) bond motifs is 1. The van der Waals surface area contributed by atoms with Gasteiger partial charge in [-0.05, 0) is 37.3 Å². The monoisotopic (exact) mass is 275 g/mol. The number of allylic oxidation sites excluding steroid dienone is 1. The molecule has 0 amide bonds. The van der Waals surface area contributed by atoms with Gasteiger partial charge in [0.25, 0.3) is 0 Å². The molecule has 0 spiro atoms. The average Bonchev–Trinajstić information content (AvgIpc) is 2.39. The molecule has 0 radical (unpaired) electrons. The first kappa shape index (κ1) is 12.4. The number of nitrogens with one attached hydrogen (secondary N) is 1. The molecule has 1 aliphatic carbocycles. The second-order valence-corrected chi connectivity index (χ2v) is 5.85. The maximum Gasteiger partial charge on any atom is 0.244 e. The Morgan fingerprint density at radius 3 is 2.84 bits per heavy atom. The van der Waals surface area contributed by atoms with Crippen LogP contribution in [0.25, 0.3) is 6.08 Å². The van der Waals surface area contributed by atoms with Crippen LogP contribution in [0.2, 0.25) is 0 Å². The van der Waals surface area contributed by atoms with Crippen LogP contribution in [-0.2, 0) is 11.2 Å². The first-order valence-electron chi connectivity index (χ1n) is 6.59. The average molecular weight is 275 g/mol. The first-order valence-corrected chi connectivity index (χ1v) is 7.70. The molecule has 3 rings (SSSR count). The summed E-state index contributed by atoms with van der Waals surface area (Å²) in [5.41, 5.74) is 10.1. The van der Waals surface area contributed by atoms with Crippen molar-refractivity contribution in [3.05, 3.63) is 34.9 Å². The minimum Gasteiger partial charge on any atom is -0.382 e. The van der Waals surface area contributed by atoms with Crippen molar-refractivity contribution in [3.8, 4) is 0 Å². The lowest BCUT2D eigenvalue weighted by atomic mass is 9.92. The van der Waals surface area contributed by atoms with Gasteiger partial charge < -0.3 is 5.73 Å². The smallest absolute Gasteiger partial charge is 0.244 e. The highest BCUT2D eigenvalue weighted by Crippen LogP contribution is 2.29. The number of nitrogens with zero attached hydrogens (tertiary/aromatic N) is 1. The number of benzene rings is 1.